The summed E-state index contributed by atoms with van der Waals surface area (Å²) in [4.78, 5) is 12.6. The predicted octanol–water partition coefficient (Wildman–Crippen LogP) is 4.74. The van der Waals surface area contributed by atoms with E-state index in [2.05, 4.69) is 25.2 Å². The van der Waals surface area contributed by atoms with Gasteiger partial charge in [-0.15, -0.1) is 0 Å². The number of benzene rings is 2. The molecule has 0 bridgehead atoms. The molecular weight excluding hydrogens is 446 g/mol. The highest BCUT2D eigenvalue weighted by Gasteiger charge is 2.40. The van der Waals surface area contributed by atoms with E-state index in [0.717, 1.165) is 35.2 Å². The van der Waals surface area contributed by atoms with Crippen molar-refractivity contribution in [2.45, 2.75) is 51.7 Å². The monoisotopic (exact) mass is 486 g/mol. The Hall–Kier alpha value is -2.93. The first-order valence-electron chi connectivity index (χ1n) is 12.1. The molecule has 7 nitrogen and oxygen atoms in total. The summed E-state index contributed by atoms with van der Waals surface area (Å²) in [6.45, 7) is 7.29. The van der Waals surface area contributed by atoms with Crippen LogP contribution in [0.2, 0.25) is 0 Å². The fourth-order valence-corrected chi connectivity index (χ4v) is 4.90. The maximum absolute atomic E-state index is 12.6. The number of esters is 1. The summed E-state index contributed by atoms with van der Waals surface area (Å²) in [7, 11) is 8.84. The predicted molar refractivity (Wildman–Crippen MR) is 136 cm³/mol. The quantitative estimate of drug-likeness (QED) is 0.377. The number of fused-ring (bicyclic) bond motifs is 1. The lowest BCUT2D eigenvalue weighted by atomic mass is 9.86. The summed E-state index contributed by atoms with van der Waals surface area (Å²) in [6, 6.07) is 10.4. The van der Waals surface area contributed by atoms with Crippen LogP contribution in [0.5, 0.6) is 23.0 Å². The van der Waals surface area contributed by atoms with Crippen LogP contribution < -0.4 is 18.9 Å². The standard InChI is InChI=1S/C28H40NO6/c1-28(2,3)35-27(30)12-14-29(4)13-11-20-17-25(33-7)26(34-8)18-21(20)22(29)15-19-9-10-23(31-5)24(16-19)32-6/h9-10,16-18,22H,11-15H2,1-8H3/q+1. The van der Waals surface area contributed by atoms with Crippen LogP contribution in [-0.4, -0.2) is 64.6 Å². The van der Waals surface area contributed by atoms with E-state index in [9.17, 15) is 4.79 Å². The molecule has 1 heterocycles. The van der Waals surface area contributed by atoms with Crippen molar-refractivity contribution in [3.05, 3.63) is 47.0 Å². The minimum Gasteiger partial charge on any atom is -0.493 e. The zero-order chi connectivity index (χ0) is 25.8. The van der Waals surface area contributed by atoms with Crippen molar-refractivity contribution in [2.24, 2.45) is 0 Å². The molecule has 7 heteroatoms. The van der Waals surface area contributed by atoms with Gasteiger partial charge in [0.05, 0.1) is 55.0 Å². The first-order valence-corrected chi connectivity index (χ1v) is 12.1. The topological polar surface area (TPSA) is 63.2 Å². The Labute approximate surface area is 209 Å². The molecular formula is C28H40NO6+. The number of quaternary nitrogens is 1. The SMILES string of the molecule is COc1ccc(CC2c3cc(OC)c(OC)cc3CC[N+]2(C)CCC(=O)OC(C)(C)C)cc1OC. The molecule has 0 saturated carbocycles. The Balaban J connectivity index is 2.00. The molecule has 0 amide bonds. The molecule has 2 unspecified atom stereocenters. The Morgan fingerprint density at radius 2 is 1.51 bits per heavy atom. The van der Waals surface area contributed by atoms with Crippen molar-refractivity contribution in [3.63, 3.8) is 0 Å². The number of carbonyl (C=O) groups is 1. The molecule has 3 rings (SSSR count). The second-order valence-electron chi connectivity index (χ2n) is 10.3. The molecule has 0 spiro atoms. The van der Waals surface area contributed by atoms with Crippen molar-refractivity contribution in [3.8, 4) is 23.0 Å². The Kier molecular flexibility index (Phi) is 8.21. The molecule has 0 saturated heterocycles. The summed E-state index contributed by atoms with van der Waals surface area (Å²) < 4.78 is 28.5. The fraction of sp³-hybridized carbons (Fsp3) is 0.536. The summed E-state index contributed by atoms with van der Waals surface area (Å²) in [5, 5.41) is 0. The normalized spacial score (nSPS) is 19.5. The molecule has 2 aromatic rings. The van der Waals surface area contributed by atoms with Crippen LogP contribution in [0, 0.1) is 0 Å². The lowest BCUT2D eigenvalue weighted by Crippen LogP contribution is -2.53. The summed E-state index contributed by atoms with van der Waals surface area (Å²) in [6.07, 6.45) is 2.02. The van der Waals surface area contributed by atoms with Gasteiger partial charge in [-0.25, -0.2) is 0 Å². The average Bonchev–Trinajstić information content (AvgIpc) is 2.82. The van der Waals surface area contributed by atoms with Crippen molar-refractivity contribution in [2.75, 3.05) is 48.6 Å². The molecule has 0 aliphatic carbocycles. The van der Waals surface area contributed by atoms with Gasteiger partial charge < -0.3 is 28.2 Å². The number of hydrogen-bond donors (Lipinski definition) is 0. The Bertz CT molecular complexity index is 1040. The second-order valence-corrected chi connectivity index (χ2v) is 10.3. The van der Waals surface area contributed by atoms with Gasteiger partial charge in [0.15, 0.2) is 23.0 Å². The first kappa shape index (κ1) is 26.7. The van der Waals surface area contributed by atoms with Crippen LogP contribution in [0.3, 0.4) is 0 Å². The van der Waals surface area contributed by atoms with E-state index in [0.29, 0.717) is 30.2 Å². The third-order valence-corrected chi connectivity index (χ3v) is 6.77. The van der Waals surface area contributed by atoms with Crippen LogP contribution in [0.15, 0.2) is 30.3 Å². The molecule has 2 atom stereocenters. The van der Waals surface area contributed by atoms with Crippen LogP contribution in [0.25, 0.3) is 0 Å². The van der Waals surface area contributed by atoms with Gasteiger partial charge in [0.2, 0.25) is 0 Å². The second kappa shape index (κ2) is 10.8. The molecule has 0 aromatic heterocycles. The smallest absolute Gasteiger partial charge is 0.312 e. The minimum absolute atomic E-state index is 0.110. The van der Waals surface area contributed by atoms with Crippen molar-refractivity contribution < 1.29 is 33.0 Å². The first-order chi connectivity index (χ1) is 16.5. The van der Waals surface area contributed by atoms with E-state index < -0.39 is 5.60 Å². The molecule has 1 aliphatic heterocycles. The molecule has 0 fully saturated rings. The van der Waals surface area contributed by atoms with Crippen molar-refractivity contribution in [1.82, 2.24) is 0 Å². The summed E-state index contributed by atoms with van der Waals surface area (Å²) in [5.41, 5.74) is 3.11. The van der Waals surface area contributed by atoms with Gasteiger partial charge in [-0.3, -0.25) is 4.79 Å². The van der Waals surface area contributed by atoms with Gasteiger partial charge in [0, 0.05) is 18.4 Å². The fourth-order valence-electron chi connectivity index (χ4n) is 4.90. The van der Waals surface area contributed by atoms with E-state index >= 15 is 0 Å². The maximum Gasteiger partial charge on any atom is 0.312 e. The largest absolute Gasteiger partial charge is 0.493 e. The zero-order valence-electron chi connectivity index (χ0n) is 22.4. The third kappa shape index (κ3) is 6.20. The zero-order valence-corrected chi connectivity index (χ0v) is 22.4. The highest BCUT2D eigenvalue weighted by Crippen LogP contribution is 2.43. The van der Waals surface area contributed by atoms with E-state index in [-0.39, 0.29) is 12.0 Å². The van der Waals surface area contributed by atoms with Gasteiger partial charge in [-0.1, -0.05) is 6.07 Å². The Morgan fingerprint density at radius 3 is 2.11 bits per heavy atom. The summed E-state index contributed by atoms with van der Waals surface area (Å²) >= 11 is 0. The number of hydrogen-bond acceptors (Lipinski definition) is 6. The highest BCUT2D eigenvalue weighted by molar-refractivity contribution is 5.69. The Morgan fingerprint density at radius 1 is 0.914 bits per heavy atom. The number of methoxy groups -OCH3 is 4. The number of carbonyl (C=O) groups excluding carboxylic acids is 1. The number of ether oxygens (including phenoxy) is 5. The average molecular weight is 487 g/mol. The maximum atomic E-state index is 12.6. The molecule has 192 valence electrons. The van der Waals surface area contributed by atoms with Crippen molar-refractivity contribution >= 4 is 5.97 Å². The lowest BCUT2D eigenvalue weighted by molar-refractivity contribution is -0.940. The molecule has 0 radical (unpaired) electrons. The molecule has 1 aliphatic rings. The number of nitrogens with zero attached hydrogens (tertiary/aromatic N) is 1. The van der Waals surface area contributed by atoms with E-state index in [4.69, 9.17) is 23.7 Å². The van der Waals surface area contributed by atoms with Crippen molar-refractivity contribution in [1.29, 1.82) is 0 Å². The van der Waals surface area contributed by atoms with Crippen LogP contribution in [0.1, 0.15) is 49.9 Å². The van der Waals surface area contributed by atoms with Gasteiger partial charge >= 0.3 is 5.97 Å². The molecule has 0 N–H and O–H groups in total. The summed E-state index contributed by atoms with van der Waals surface area (Å²) in [5.74, 6) is 2.69. The highest BCUT2D eigenvalue weighted by atomic mass is 16.6. The van der Waals surface area contributed by atoms with Crippen LogP contribution in [-0.2, 0) is 22.4 Å². The van der Waals surface area contributed by atoms with Crippen LogP contribution >= 0.6 is 0 Å². The number of rotatable bonds is 9. The molecule has 35 heavy (non-hydrogen) atoms. The number of likely N-dealkylation sites (N-methyl/N-ethyl adjacent to an activating group) is 1. The van der Waals surface area contributed by atoms with E-state index in [1.807, 2.05) is 32.9 Å². The van der Waals surface area contributed by atoms with Crippen LogP contribution in [0.4, 0.5) is 0 Å². The minimum atomic E-state index is -0.493. The van der Waals surface area contributed by atoms with Gasteiger partial charge in [-0.05, 0) is 56.2 Å². The van der Waals surface area contributed by atoms with Gasteiger partial charge in [0.1, 0.15) is 11.6 Å². The van der Waals surface area contributed by atoms with Gasteiger partial charge in [-0.2, -0.15) is 0 Å². The van der Waals surface area contributed by atoms with E-state index in [1.165, 1.54) is 11.1 Å². The van der Waals surface area contributed by atoms with Gasteiger partial charge in [0.25, 0.3) is 0 Å². The lowest BCUT2D eigenvalue weighted by Gasteiger charge is -2.46. The third-order valence-electron chi connectivity index (χ3n) is 6.77. The molecule has 2 aromatic carbocycles. The van der Waals surface area contributed by atoms with E-state index in [1.54, 1.807) is 28.4 Å².